The second-order valence-electron chi connectivity index (χ2n) is 9.97. The van der Waals surface area contributed by atoms with E-state index in [9.17, 15) is 35.9 Å². The van der Waals surface area contributed by atoms with Gasteiger partial charge < -0.3 is 29.4 Å². The largest absolute Gasteiger partial charge is 0.573 e. The number of alkyl halides is 6. The van der Waals surface area contributed by atoms with Crippen LogP contribution in [0.2, 0.25) is 0 Å². The number of amides is 1. The molecular formula is C33H27F6NO7. The summed E-state index contributed by atoms with van der Waals surface area (Å²) in [4.78, 5) is 23.0. The summed E-state index contributed by atoms with van der Waals surface area (Å²) in [6, 6.07) is 19.7. The molecule has 248 valence electrons. The van der Waals surface area contributed by atoms with E-state index in [1.165, 1.54) is 43.5 Å². The molecule has 0 aliphatic rings. The number of halogens is 6. The molecule has 4 rings (SSSR count). The van der Waals surface area contributed by atoms with Crippen molar-refractivity contribution in [1.29, 1.82) is 0 Å². The minimum Gasteiger partial charge on any atom is -0.496 e. The fourth-order valence-electron chi connectivity index (χ4n) is 4.50. The molecule has 4 aromatic carbocycles. The van der Waals surface area contributed by atoms with Crippen LogP contribution >= 0.6 is 0 Å². The van der Waals surface area contributed by atoms with E-state index in [-0.39, 0.29) is 24.3 Å². The molecule has 0 bridgehead atoms. The number of methoxy groups -OCH3 is 1. The number of aliphatic carboxylic acids is 1. The van der Waals surface area contributed by atoms with Gasteiger partial charge in [-0.25, -0.2) is 0 Å². The van der Waals surface area contributed by atoms with Crippen LogP contribution in [0.4, 0.5) is 26.3 Å². The Morgan fingerprint density at radius 1 is 0.745 bits per heavy atom. The van der Waals surface area contributed by atoms with Crippen LogP contribution in [0.5, 0.6) is 23.0 Å². The lowest BCUT2D eigenvalue weighted by atomic mass is 9.97. The highest BCUT2D eigenvalue weighted by Crippen LogP contribution is 2.43. The molecule has 14 heteroatoms. The van der Waals surface area contributed by atoms with Gasteiger partial charge in [-0.3, -0.25) is 9.59 Å². The molecular weight excluding hydrogens is 636 g/mol. The van der Waals surface area contributed by atoms with E-state index in [2.05, 4.69) is 14.8 Å². The summed E-state index contributed by atoms with van der Waals surface area (Å²) < 4.78 is 96.1. The van der Waals surface area contributed by atoms with Crippen LogP contribution < -0.4 is 24.3 Å². The fourth-order valence-corrected chi connectivity index (χ4v) is 4.50. The highest BCUT2D eigenvalue weighted by molar-refractivity contribution is 5.94. The van der Waals surface area contributed by atoms with E-state index in [4.69, 9.17) is 14.6 Å². The van der Waals surface area contributed by atoms with Gasteiger partial charge in [-0.1, -0.05) is 36.4 Å². The molecule has 0 aliphatic carbocycles. The highest BCUT2D eigenvalue weighted by atomic mass is 19.4. The third-order valence-corrected chi connectivity index (χ3v) is 6.67. The first kappa shape index (κ1) is 34.5. The SMILES string of the molecule is COc1cc(-c2ccc(OC(F)(F)F)cc2)c(OC(C)c2ccc(C(=O)NCCC(=O)O)cc2)cc1-c1ccc(OC(F)(F)F)cc1. The maximum Gasteiger partial charge on any atom is 0.573 e. The van der Waals surface area contributed by atoms with Gasteiger partial charge in [0.15, 0.2) is 0 Å². The normalized spacial score (nSPS) is 12.2. The first-order chi connectivity index (χ1) is 22.1. The van der Waals surface area contributed by atoms with E-state index in [1.807, 2.05) is 0 Å². The topological polar surface area (TPSA) is 103 Å². The summed E-state index contributed by atoms with van der Waals surface area (Å²) in [6.07, 6.45) is -10.6. The lowest BCUT2D eigenvalue weighted by molar-refractivity contribution is -0.275. The Hall–Kier alpha value is -5.40. The molecule has 1 amide bonds. The van der Waals surface area contributed by atoms with Crippen LogP contribution in [0, 0.1) is 0 Å². The molecule has 1 unspecified atom stereocenters. The van der Waals surface area contributed by atoms with Crippen molar-refractivity contribution >= 4 is 11.9 Å². The molecule has 2 N–H and O–H groups in total. The number of ether oxygens (including phenoxy) is 4. The average molecular weight is 664 g/mol. The van der Waals surface area contributed by atoms with Crippen LogP contribution in [0.15, 0.2) is 84.9 Å². The summed E-state index contributed by atoms with van der Waals surface area (Å²) in [5.41, 5.74) is 2.67. The van der Waals surface area contributed by atoms with Crippen molar-refractivity contribution in [3.8, 4) is 45.3 Å². The van der Waals surface area contributed by atoms with Gasteiger partial charge >= 0.3 is 18.7 Å². The number of carbonyl (C=O) groups is 2. The molecule has 0 radical (unpaired) electrons. The summed E-state index contributed by atoms with van der Waals surface area (Å²) in [5, 5.41) is 11.3. The number of rotatable bonds is 12. The zero-order valence-corrected chi connectivity index (χ0v) is 24.7. The van der Waals surface area contributed by atoms with Crippen LogP contribution in [-0.2, 0) is 4.79 Å². The van der Waals surface area contributed by atoms with Crippen molar-refractivity contribution in [3.05, 3.63) is 96.1 Å². The number of hydrogen-bond donors (Lipinski definition) is 2. The summed E-state index contributed by atoms with van der Waals surface area (Å²) in [5.74, 6) is -1.83. The number of hydrogen-bond acceptors (Lipinski definition) is 6. The molecule has 0 aliphatic heterocycles. The van der Waals surface area contributed by atoms with E-state index in [0.717, 1.165) is 24.3 Å². The lowest BCUT2D eigenvalue weighted by Crippen LogP contribution is -2.25. The summed E-state index contributed by atoms with van der Waals surface area (Å²) in [7, 11) is 1.38. The molecule has 0 aromatic heterocycles. The zero-order chi connectivity index (χ0) is 34.4. The third-order valence-electron chi connectivity index (χ3n) is 6.67. The molecule has 1 atom stereocenters. The number of carboxylic acids is 1. The number of carbonyl (C=O) groups excluding carboxylic acids is 1. The van der Waals surface area contributed by atoms with Crippen LogP contribution in [0.3, 0.4) is 0 Å². The van der Waals surface area contributed by atoms with Crippen LogP contribution in [0.1, 0.15) is 35.4 Å². The Morgan fingerprint density at radius 3 is 1.66 bits per heavy atom. The second-order valence-corrected chi connectivity index (χ2v) is 9.97. The van der Waals surface area contributed by atoms with Crippen molar-refractivity contribution < 1.29 is 60.0 Å². The van der Waals surface area contributed by atoms with Gasteiger partial charge in [0, 0.05) is 23.2 Å². The third kappa shape index (κ3) is 9.79. The molecule has 0 heterocycles. The number of carboxylic acid groups (broad SMARTS) is 1. The molecule has 47 heavy (non-hydrogen) atoms. The van der Waals surface area contributed by atoms with Crippen molar-refractivity contribution in [2.45, 2.75) is 32.2 Å². The van der Waals surface area contributed by atoms with E-state index >= 15 is 0 Å². The van der Waals surface area contributed by atoms with Gasteiger partial charge in [-0.05, 0) is 72.1 Å². The fraction of sp³-hybridized carbons (Fsp3) is 0.212. The predicted molar refractivity (Wildman–Crippen MR) is 157 cm³/mol. The van der Waals surface area contributed by atoms with Gasteiger partial charge in [0.25, 0.3) is 5.91 Å². The molecule has 4 aromatic rings. The maximum atomic E-state index is 12.7. The van der Waals surface area contributed by atoms with Gasteiger partial charge in [0.05, 0.1) is 13.5 Å². The highest BCUT2D eigenvalue weighted by Gasteiger charge is 2.32. The Labute approximate surface area is 264 Å². The lowest BCUT2D eigenvalue weighted by Gasteiger charge is -2.21. The van der Waals surface area contributed by atoms with Crippen LogP contribution in [0.25, 0.3) is 22.3 Å². The Morgan fingerprint density at radius 2 is 1.21 bits per heavy atom. The minimum absolute atomic E-state index is 0.0423. The molecule has 0 spiro atoms. The number of benzene rings is 4. The molecule has 0 saturated heterocycles. The smallest absolute Gasteiger partial charge is 0.496 e. The van der Waals surface area contributed by atoms with Gasteiger partial charge in [0.1, 0.15) is 29.1 Å². The Kier molecular flexibility index (Phi) is 10.5. The molecule has 0 saturated carbocycles. The maximum absolute atomic E-state index is 12.7. The first-order valence-corrected chi connectivity index (χ1v) is 13.8. The zero-order valence-electron chi connectivity index (χ0n) is 24.7. The van der Waals surface area contributed by atoms with Gasteiger partial charge in [-0.2, -0.15) is 0 Å². The Balaban J connectivity index is 1.69. The number of nitrogens with one attached hydrogen (secondary N) is 1. The van der Waals surface area contributed by atoms with E-state index in [1.54, 1.807) is 31.2 Å². The van der Waals surface area contributed by atoms with Crippen molar-refractivity contribution in [3.63, 3.8) is 0 Å². The van der Waals surface area contributed by atoms with E-state index in [0.29, 0.717) is 33.6 Å². The minimum atomic E-state index is -4.88. The van der Waals surface area contributed by atoms with Crippen LogP contribution in [-0.4, -0.2) is 43.4 Å². The van der Waals surface area contributed by atoms with Gasteiger partial charge in [0.2, 0.25) is 0 Å². The predicted octanol–water partition coefficient (Wildman–Crippen LogP) is 8.17. The Bertz CT molecular complexity index is 1690. The van der Waals surface area contributed by atoms with Crippen molar-refractivity contribution in [2.24, 2.45) is 0 Å². The van der Waals surface area contributed by atoms with Gasteiger partial charge in [-0.15, -0.1) is 26.3 Å². The molecule has 8 nitrogen and oxygen atoms in total. The second kappa shape index (κ2) is 14.4. The average Bonchev–Trinajstić information content (AvgIpc) is 3.00. The molecule has 0 fully saturated rings. The standard InChI is InChI=1S/C33H27F6NO7/c1-19(20-3-5-23(6-4-20)31(43)40-16-15-30(41)42)45-29-18-26(21-7-11-24(12-8-21)46-32(34,35)36)28(44-2)17-27(29)22-9-13-25(14-10-22)47-33(37,38)39/h3-14,17-19H,15-16H2,1-2H3,(H,40,43)(H,41,42). The van der Waals surface area contributed by atoms with E-state index < -0.39 is 42.2 Å². The van der Waals surface area contributed by atoms with Crippen molar-refractivity contribution in [2.75, 3.05) is 13.7 Å². The monoisotopic (exact) mass is 663 g/mol. The quantitative estimate of drug-likeness (QED) is 0.147. The summed E-state index contributed by atoms with van der Waals surface area (Å²) >= 11 is 0. The van der Waals surface area contributed by atoms with Crippen molar-refractivity contribution in [1.82, 2.24) is 5.32 Å². The first-order valence-electron chi connectivity index (χ1n) is 13.8. The summed E-state index contributed by atoms with van der Waals surface area (Å²) in [6.45, 7) is 1.68.